The summed E-state index contributed by atoms with van der Waals surface area (Å²) in [6.45, 7) is 5.32. The van der Waals surface area contributed by atoms with Crippen molar-refractivity contribution in [2.75, 3.05) is 44.2 Å². The molecule has 0 aliphatic carbocycles. The molecule has 0 radical (unpaired) electrons. The highest BCUT2D eigenvalue weighted by Gasteiger charge is 2.22. The molecule has 1 unspecified atom stereocenters. The van der Waals surface area contributed by atoms with Crippen molar-refractivity contribution in [3.8, 4) is 0 Å². The molecule has 1 amide bonds. The summed E-state index contributed by atoms with van der Waals surface area (Å²) < 4.78 is 0. The molecule has 0 saturated carbocycles. The van der Waals surface area contributed by atoms with Gasteiger partial charge in [-0.05, 0) is 62.0 Å². The van der Waals surface area contributed by atoms with Crippen LogP contribution in [0.1, 0.15) is 28.8 Å². The fourth-order valence-corrected chi connectivity index (χ4v) is 4.01. The Bertz CT molecular complexity index is 771. The number of rotatable bonds is 4. The van der Waals surface area contributed by atoms with E-state index in [2.05, 4.69) is 32.3 Å². The number of hydrogen-bond donors (Lipinski definition) is 1. The van der Waals surface area contributed by atoms with Gasteiger partial charge in [-0.15, -0.1) is 24.8 Å². The maximum absolute atomic E-state index is 13.0. The number of hydrogen-bond acceptors (Lipinski definition) is 5. The summed E-state index contributed by atoms with van der Waals surface area (Å²) in [5, 5.41) is 3.42. The number of nitrogens with one attached hydrogen (secondary N) is 1. The van der Waals surface area contributed by atoms with Gasteiger partial charge in [0.15, 0.2) is 0 Å². The topological polar surface area (TPSA) is 61.4 Å². The first-order valence-electron chi connectivity index (χ1n) is 9.90. The lowest BCUT2D eigenvalue weighted by molar-refractivity contribution is 0.0767. The van der Waals surface area contributed by atoms with Gasteiger partial charge in [0.05, 0.1) is 0 Å². The van der Waals surface area contributed by atoms with Gasteiger partial charge in [-0.1, -0.05) is 12.1 Å². The van der Waals surface area contributed by atoms with Crippen LogP contribution < -0.4 is 10.2 Å². The van der Waals surface area contributed by atoms with Crippen LogP contribution in [0.3, 0.4) is 0 Å². The van der Waals surface area contributed by atoms with E-state index >= 15 is 0 Å². The number of nitrogens with zero attached hydrogens (tertiary/aromatic N) is 4. The minimum Gasteiger partial charge on any atom is -0.339 e. The zero-order valence-electron chi connectivity index (χ0n) is 16.5. The first-order chi connectivity index (χ1) is 13.3. The minimum atomic E-state index is 0. The summed E-state index contributed by atoms with van der Waals surface area (Å²) in [4.78, 5) is 25.9. The second-order valence-electron chi connectivity index (χ2n) is 7.44. The summed E-state index contributed by atoms with van der Waals surface area (Å²) in [6.07, 6.45) is 6.73. The first kappa shape index (κ1) is 23.4. The van der Waals surface area contributed by atoms with Crippen LogP contribution in [0.2, 0.25) is 0 Å². The number of carbonyl (C=O) groups excluding carboxylic acids is 1. The van der Waals surface area contributed by atoms with Crippen molar-refractivity contribution in [3.63, 3.8) is 0 Å². The lowest BCUT2D eigenvalue weighted by Gasteiger charge is -2.22. The molecule has 8 heteroatoms. The fraction of sp³-hybridized carbons (Fsp3) is 0.476. The van der Waals surface area contributed by atoms with E-state index < -0.39 is 0 Å². The highest BCUT2D eigenvalue weighted by atomic mass is 35.5. The molecule has 2 aliphatic heterocycles. The highest BCUT2D eigenvalue weighted by Crippen LogP contribution is 2.18. The third-order valence-electron chi connectivity index (χ3n) is 5.48. The number of halogens is 2. The molecule has 2 fully saturated rings. The van der Waals surface area contributed by atoms with Gasteiger partial charge in [0.1, 0.15) is 0 Å². The van der Waals surface area contributed by atoms with Gasteiger partial charge in [0.25, 0.3) is 5.91 Å². The van der Waals surface area contributed by atoms with E-state index in [4.69, 9.17) is 0 Å². The molecule has 6 nitrogen and oxygen atoms in total. The molecule has 158 valence electrons. The van der Waals surface area contributed by atoms with Crippen LogP contribution in [-0.4, -0.2) is 60.0 Å². The SMILES string of the molecule is Cl.Cl.O=C(c1cccc(CC2CCNC2)c1)N1CCCN(c2ncccn2)CC1. The Morgan fingerprint density at radius 3 is 2.66 bits per heavy atom. The summed E-state index contributed by atoms with van der Waals surface area (Å²) in [5.41, 5.74) is 2.08. The number of aromatic nitrogens is 2. The van der Waals surface area contributed by atoms with E-state index in [0.29, 0.717) is 12.5 Å². The van der Waals surface area contributed by atoms with Crippen LogP contribution in [0.5, 0.6) is 0 Å². The van der Waals surface area contributed by atoms with E-state index in [-0.39, 0.29) is 30.7 Å². The first-order valence-corrected chi connectivity index (χ1v) is 9.90. The van der Waals surface area contributed by atoms with E-state index in [0.717, 1.165) is 57.1 Å². The molecule has 4 rings (SSSR count). The van der Waals surface area contributed by atoms with E-state index in [1.165, 1.54) is 12.0 Å². The van der Waals surface area contributed by atoms with Crippen LogP contribution >= 0.6 is 24.8 Å². The molecule has 1 N–H and O–H groups in total. The highest BCUT2D eigenvalue weighted by molar-refractivity contribution is 5.94. The van der Waals surface area contributed by atoms with Crippen molar-refractivity contribution in [1.29, 1.82) is 0 Å². The molecule has 0 bridgehead atoms. The van der Waals surface area contributed by atoms with E-state index in [9.17, 15) is 4.79 Å². The van der Waals surface area contributed by atoms with Crippen molar-refractivity contribution in [2.45, 2.75) is 19.3 Å². The summed E-state index contributed by atoms with van der Waals surface area (Å²) >= 11 is 0. The van der Waals surface area contributed by atoms with Crippen molar-refractivity contribution >= 4 is 36.7 Å². The Labute approximate surface area is 184 Å². The van der Waals surface area contributed by atoms with Gasteiger partial charge in [0.2, 0.25) is 5.95 Å². The zero-order chi connectivity index (χ0) is 18.5. The van der Waals surface area contributed by atoms with Gasteiger partial charge in [0, 0.05) is 44.1 Å². The van der Waals surface area contributed by atoms with Gasteiger partial charge < -0.3 is 15.1 Å². The fourth-order valence-electron chi connectivity index (χ4n) is 4.01. The largest absolute Gasteiger partial charge is 0.339 e. The number of carbonyl (C=O) groups is 1. The molecule has 2 aromatic rings. The Hall–Kier alpha value is -1.89. The normalized spacial score (nSPS) is 19.1. The second kappa shape index (κ2) is 11.3. The Morgan fingerprint density at radius 2 is 1.90 bits per heavy atom. The van der Waals surface area contributed by atoms with Crippen molar-refractivity contribution in [3.05, 3.63) is 53.9 Å². The Kier molecular flexibility index (Phi) is 9.14. The third-order valence-corrected chi connectivity index (χ3v) is 5.48. The average molecular weight is 438 g/mol. The molecular weight excluding hydrogens is 409 g/mol. The van der Waals surface area contributed by atoms with Crippen LogP contribution in [0.4, 0.5) is 5.95 Å². The molecule has 0 spiro atoms. The number of amides is 1. The van der Waals surface area contributed by atoms with E-state index in [1.54, 1.807) is 12.4 Å². The quantitative estimate of drug-likeness (QED) is 0.796. The Morgan fingerprint density at radius 1 is 1.07 bits per heavy atom. The molecule has 2 aliphatic rings. The lowest BCUT2D eigenvalue weighted by Crippen LogP contribution is -2.35. The molecule has 2 saturated heterocycles. The standard InChI is InChI=1S/C21H27N5O.2ClH/c27-20(19-5-1-4-17(15-19)14-18-6-9-22-16-18)25-10-3-11-26(13-12-25)21-23-7-2-8-24-21;;/h1-2,4-5,7-8,15,18,22H,3,6,9-14,16H2;2*1H. The molecule has 3 heterocycles. The molecule has 1 aromatic heterocycles. The predicted molar refractivity (Wildman–Crippen MR) is 120 cm³/mol. The summed E-state index contributed by atoms with van der Waals surface area (Å²) in [6, 6.07) is 10.0. The van der Waals surface area contributed by atoms with Crippen LogP contribution in [0, 0.1) is 5.92 Å². The monoisotopic (exact) mass is 437 g/mol. The molecule has 29 heavy (non-hydrogen) atoms. The van der Waals surface area contributed by atoms with Crippen LogP contribution in [-0.2, 0) is 6.42 Å². The van der Waals surface area contributed by atoms with Gasteiger partial charge in [-0.25, -0.2) is 9.97 Å². The van der Waals surface area contributed by atoms with Crippen molar-refractivity contribution in [2.24, 2.45) is 5.92 Å². The molecule has 1 aromatic carbocycles. The zero-order valence-corrected chi connectivity index (χ0v) is 18.1. The summed E-state index contributed by atoms with van der Waals surface area (Å²) in [7, 11) is 0. The number of benzene rings is 1. The lowest BCUT2D eigenvalue weighted by atomic mass is 9.97. The predicted octanol–water partition coefficient (Wildman–Crippen LogP) is 2.82. The number of anilines is 1. The Balaban J connectivity index is 0.00000150. The van der Waals surface area contributed by atoms with Gasteiger partial charge >= 0.3 is 0 Å². The minimum absolute atomic E-state index is 0. The van der Waals surface area contributed by atoms with Crippen molar-refractivity contribution in [1.82, 2.24) is 20.2 Å². The molecule has 1 atom stereocenters. The maximum atomic E-state index is 13.0. The maximum Gasteiger partial charge on any atom is 0.253 e. The van der Waals surface area contributed by atoms with Gasteiger partial charge in [-0.2, -0.15) is 0 Å². The van der Waals surface area contributed by atoms with Crippen LogP contribution in [0.25, 0.3) is 0 Å². The average Bonchev–Trinajstić information content (AvgIpc) is 3.10. The van der Waals surface area contributed by atoms with Crippen molar-refractivity contribution < 1.29 is 4.79 Å². The smallest absolute Gasteiger partial charge is 0.253 e. The van der Waals surface area contributed by atoms with Crippen LogP contribution in [0.15, 0.2) is 42.7 Å². The van der Waals surface area contributed by atoms with Gasteiger partial charge in [-0.3, -0.25) is 4.79 Å². The molecular formula is C21H29Cl2N5O. The third kappa shape index (κ3) is 6.04. The second-order valence-corrected chi connectivity index (χ2v) is 7.44. The van der Waals surface area contributed by atoms with E-state index in [1.807, 2.05) is 23.1 Å². The summed E-state index contributed by atoms with van der Waals surface area (Å²) in [5.74, 6) is 1.57.